The highest BCUT2D eigenvalue weighted by molar-refractivity contribution is 5.55. The summed E-state index contributed by atoms with van der Waals surface area (Å²) in [6.45, 7) is 4.92. The molecular formula is C20H23N3O2. The zero-order valence-electron chi connectivity index (χ0n) is 14.8. The van der Waals surface area contributed by atoms with Gasteiger partial charge in [0.05, 0.1) is 13.7 Å². The average molecular weight is 337 g/mol. The lowest BCUT2D eigenvalue weighted by atomic mass is 9.96. The molecule has 0 amide bonds. The zero-order chi connectivity index (χ0) is 17.6. The van der Waals surface area contributed by atoms with Crippen molar-refractivity contribution in [3.63, 3.8) is 0 Å². The summed E-state index contributed by atoms with van der Waals surface area (Å²) in [6.07, 6.45) is 0. The Balaban J connectivity index is 1.68. The second kappa shape index (κ2) is 7.94. The number of nitrogens with zero attached hydrogens (tertiary/aromatic N) is 2. The minimum Gasteiger partial charge on any atom is -0.497 e. The summed E-state index contributed by atoms with van der Waals surface area (Å²) in [6, 6.07) is 18.2. The van der Waals surface area contributed by atoms with Gasteiger partial charge in [-0.25, -0.2) is 0 Å². The third-order valence-electron chi connectivity index (χ3n) is 4.11. The first-order valence-corrected chi connectivity index (χ1v) is 8.42. The van der Waals surface area contributed by atoms with Gasteiger partial charge in [0, 0.05) is 11.6 Å². The molecule has 2 aromatic carbocycles. The molecule has 1 N–H and O–H groups in total. The van der Waals surface area contributed by atoms with Gasteiger partial charge in [0.15, 0.2) is 0 Å². The summed E-state index contributed by atoms with van der Waals surface area (Å²) in [5.41, 5.74) is 2.16. The van der Waals surface area contributed by atoms with Crippen LogP contribution in [0.3, 0.4) is 0 Å². The van der Waals surface area contributed by atoms with E-state index in [1.807, 2.05) is 30.3 Å². The van der Waals surface area contributed by atoms with E-state index in [1.165, 1.54) is 5.56 Å². The lowest BCUT2D eigenvalue weighted by Gasteiger charge is -2.22. The highest BCUT2D eigenvalue weighted by Crippen LogP contribution is 2.23. The number of nitrogens with one attached hydrogen (secondary N) is 1. The molecule has 0 bridgehead atoms. The minimum absolute atomic E-state index is 0.234. The molecule has 1 aromatic heterocycles. The van der Waals surface area contributed by atoms with E-state index in [-0.39, 0.29) is 6.04 Å². The lowest BCUT2D eigenvalue weighted by molar-refractivity contribution is 0.338. The van der Waals surface area contributed by atoms with E-state index >= 15 is 0 Å². The van der Waals surface area contributed by atoms with Crippen LogP contribution in [0.15, 0.2) is 59.1 Å². The van der Waals surface area contributed by atoms with Gasteiger partial charge in [0.1, 0.15) is 5.75 Å². The van der Waals surface area contributed by atoms with Crippen molar-refractivity contribution in [2.45, 2.75) is 26.4 Å². The van der Waals surface area contributed by atoms with Crippen LogP contribution in [0.1, 0.15) is 31.3 Å². The molecule has 0 saturated heterocycles. The third-order valence-corrected chi connectivity index (χ3v) is 4.11. The number of rotatable bonds is 7. The fourth-order valence-electron chi connectivity index (χ4n) is 2.78. The van der Waals surface area contributed by atoms with Crippen molar-refractivity contribution in [2.75, 3.05) is 7.11 Å². The summed E-state index contributed by atoms with van der Waals surface area (Å²) in [5.74, 6) is 2.41. The normalized spacial score (nSPS) is 12.3. The molecule has 3 rings (SSSR count). The van der Waals surface area contributed by atoms with Crippen LogP contribution in [0.5, 0.6) is 5.75 Å². The van der Waals surface area contributed by atoms with Gasteiger partial charge in [0.25, 0.3) is 0 Å². The van der Waals surface area contributed by atoms with Gasteiger partial charge >= 0.3 is 0 Å². The summed E-state index contributed by atoms with van der Waals surface area (Å²) in [5, 5.41) is 7.59. The van der Waals surface area contributed by atoms with E-state index in [9.17, 15) is 0 Å². The van der Waals surface area contributed by atoms with Gasteiger partial charge in [0.2, 0.25) is 11.7 Å². The second-order valence-electron chi connectivity index (χ2n) is 6.25. The Labute approximate surface area is 148 Å². The van der Waals surface area contributed by atoms with Crippen LogP contribution in [0.2, 0.25) is 0 Å². The predicted octanol–water partition coefficient (Wildman–Crippen LogP) is 4.23. The van der Waals surface area contributed by atoms with Crippen molar-refractivity contribution in [3.8, 4) is 17.1 Å². The van der Waals surface area contributed by atoms with Gasteiger partial charge in [-0.1, -0.05) is 49.3 Å². The number of benzene rings is 2. The molecule has 0 fully saturated rings. The molecule has 5 heteroatoms. The fraction of sp³-hybridized carbons (Fsp3) is 0.300. The maximum absolute atomic E-state index is 5.39. The second-order valence-corrected chi connectivity index (χ2v) is 6.25. The van der Waals surface area contributed by atoms with Crippen LogP contribution < -0.4 is 10.1 Å². The first-order chi connectivity index (χ1) is 12.2. The molecule has 130 valence electrons. The van der Waals surface area contributed by atoms with Crippen molar-refractivity contribution in [2.24, 2.45) is 5.92 Å². The Morgan fingerprint density at radius 2 is 1.76 bits per heavy atom. The number of hydrogen-bond acceptors (Lipinski definition) is 5. The van der Waals surface area contributed by atoms with Gasteiger partial charge < -0.3 is 14.6 Å². The van der Waals surface area contributed by atoms with Crippen molar-refractivity contribution >= 4 is 0 Å². The minimum atomic E-state index is 0.234. The first kappa shape index (κ1) is 17.2. The summed E-state index contributed by atoms with van der Waals surface area (Å²) in [7, 11) is 1.64. The molecule has 0 spiro atoms. The number of ether oxygens (including phenoxy) is 1. The van der Waals surface area contributed by atoms with Crippen molar-refractivity contribution in [3.05, 3.63) is 66.1 Å². The quantitative estimate of drug-likeness (QED) is 0.699. The van der Waals surface area contributed by atoms with Crippen LogP contribution >= 0.6 is 0 Å². The van der Waals surface area contributed by atoms with E-state index in [2.05, 4.69) is 53.6 Å². The van der Waals surface area contributed by atoms with Gasteiger partial charge in [-0.05, 0) is 35.7 Å². The highest BCUT2D eigenvalue weighted by Gasteiger charge is 2.17. The molecule has 1 atom stereocenters. The molecule has 1 unspecified atom stereocenters. The van der Waals surface area contributed by atoms with E-state index in [0.29, 0.717) is 24.2 Å². The van der Waals surface area contributed by atoms with Crippen molar-refractivity contribution in [1.82, 2.24) is 15.5 Å². The summed E-state index contributed by atoms with van der Waals surface area (Å²) >= 11 is 0. The molecule has 5 nitrogen and oxygen atoms in total. The zero-order valence-corrected chi connectivity index (χ0v) is 14.8. The number of aromatic nitrogens is 2. The fourth-order valence-corrected chi connectivity index (χ4v) is 2.78. The molecule has 0 radical (unpaired) electrons. The SMILES string of the molecule is COc1ccc(-c2noc(CNC(c3ccccc3)C(C)C)n2)cc1. The Kier molecular flexibility index (Phi) is 5.46. The van der Waals surface area contributed by atoms with Gasteiger partial charge in [-0.3, -0.25) is 0 Å². The molecule has 0 aliphatic heterocycles. The van der Waals surface area contributed by atoms with Crippen LogP contribution in [0.25, 0.3) is 11.4 Å². The molecule has 0 saturated carbocycles. The van der Waals surface area contributed by atoms with Crippen LogP contribution in [0, 0.1) is 5.92 Å². The number of hydrogen-bond donors (Lipinski definition) is 1. The Morgan fingerprint density at radius 1 is 1.04 bits per heavy atom. The number of methoxy groups -OCH3 is 1. The standard InChI is InChI=1S/C20H23N3O2/c1-14(2)19(15-7-5-4-6-8-15)21-13-18-22-20(23-25-18)16-9-11-17(24-3)12-10-16/h4-12,14,19,21H,13H2,1-3H3. The van der Waals surface area contributed by atoms with Crippen molar-refractivity contribution < 1.29 is 9.26 Å². The predicted molar refractivity (Wildman–Crippen MR) is 97.1 cm³/mol. The van der Waals surface area contributed by atoms with Gasteiger partial charge in [-0.2, -0.15) is 4.98 Å². The van der Waals surface area contributed by atoms with Crippen LogP contribution in [0.4, 0.5) is 0 Å². The summed E-state index contributed by atoms with van der Waals surface area (Å²) < 4.78 is 10.6. The Bertz CT molecular complexity index is 782. The molecule has 0 aliphatic carbocycles. The van der Waals surface area contributed by atoms with Crippen molar-refractivity contribution in [1.29, 1.82) is 0 Å². The van der Waals surface area contributed by atoms with E-state index in [0.717, 1.165) is 11.3 Å². The monoisotopic (exact) mass is 337 g/mol. The molecular weight excluding hydrogens is 314 g/mol. The molecule has 0 aliphatic rings. The first-order valence-electron chi connectivity index (χ1n) is 8.42. The topological polar surface area (TPSA) is 60.2 Å². The smallest absolute Gasteiger partial charge is 0.240 e. The van der Waals surface area contributed by atoms with E-state index in [4.69, 9.17) is 9.26 Å². The average Bonchev–Trinajstić information content (AvgIpc) is 3.11. The Hall–Kier alpha value is -2.66. The van der Waals surface area contributed by atoms with Crippen LogP contribution in [-0.2, 0) is 6.54 Å². The van der Waals surface area contributed by atoms with E-state index < -0.39 is 0 Å². The van der Waals surface area contributed by atoms with Gasteiger partial charge in [-0.15, -0.1) is 0 Å². The summed E-state index contributed by atoms with van der Waals surface area (Å²) in [4.78, 5) is 4.48. The van der Waals surface area contributed by atoms with Crippen LogP contribution in [-0.4, -0.2) is 17.3 Å². The lowest BCUT2D eigenvalue weighted by Crippen LogP contribution is -2.25. The maximum atomic E-state index is 5.39. The third kappa shape index (κ3) is 4.25. The largest absolute Gasteiger partial charge is 0.497 e. The Morgan fingerprint density at radius 3 is 2.40 bits per heavy atom. The molecule has 3 aromatic rings. The maximum Gasteiger partial charge on any atom is 0.240 e. The molecule has 1 heterocycles. The molecule has 25 heavy (non-hydrogen) atoms. The van der Waals surface area contributed by atoms with E-state index in [1.54, 1.807) is 7.11 Å². The highest BCUT2D eigenvalue weighted by atomic mass is 16.5.